The number of hydrogen-bond acceptors (Lipinski definition) is 3. The van der Waals surface area contributed by atoms with Crippen molar-refractivity contribution in [3.05, 3.63) is 24.2 Å². The fourth-order valence-electron chi connectivity index (χ4n) is 2.80. The number of carbonyl (C=O) groups excluding carboxylic acids is 1. The summed E-state index contributed by atoms with van der Waals surface area (Å²) in [6.07, 6.45) is 3.77. The molecule has 0 radical (unpaired) electrons. The Morgan fingerprint density at radius 1 is 1.53 bits per heavy atom. The Morgan fingerprint density at radius 3 is 3.05 bits per heavy atom. The van der Waals surface area contributed by atoms with E-state index in [2.05, 4.69) is 14.5 Å². The van der Waals surface area contributed by atoms with Crippen molar-refractivity contribution in [2.24, 2.45) is 13.0 Å². The molecule has 0 N–H and O–H groups in total. The van der Waals surface area contributed by atoms with Gasteiger partial charge in [-0.1, -0.05) is 0 Å². The van der Waals surface area contributed by atoms with Crippen LogP contribution in [0.25, 0.3) is 11.2 Å². The summed E-state index contributed by atoms with van der Waals surface area (Å²) in [4.78, 5) is 22.3. The van der Waals surface area contributed by atoms with Crippen LogP contribution in [0, 0.1) is 5.92 Å². The number of nitrogens with zero attached hydrogens (tertiary/aromatic N) is 4. The number of rotatable bonds is 2. The van der Waals surface area contributed by atoms with Gasteiger partial charge in [0.25, 0.3) is 0 Å². The first-order chi connectivity index (χ1) is 9.15. The van der Waals surface area contributed by atoms with Crippen LogP contribution in [0.4, 0.5) is 0 Å². The molecule has 2 aromatic heterocycles. The number of carbonyl (C=O) groups is 1. The molecular weight excluding hydrogens is 240 g/mol. The molecule has 0 saturated carbocycles. The van der Waals surface area contributed by atoms with Crippen LogP contribution in [0.1, 0.15) is 19.2 Å². The van der Waals surface area contributed by atoms with Gasteiger partial charge in [0.05, 0.1) is 0 Å². The summed E-state index contributed by atoms with van der Waals surface area (Å²) in [6.45, 7) is 3.37. The average Bonchev–Trinajstić information content (AvgIpc) is 2.97. The molecule has 19 heavy (non-hydrogen) atoms. The molecule has 0 bridgehead atoms. The van der Waals surface area contributed by atoms with Crippen LogP contribution in [0.15, 0.2) is 18.3 Å². The Labute approximate surface area is 112 Å². The lowest BCUT2D eigenvalue weighted by Crippen LogP contribution is -2.26. The van der Waals surface area contributed by atoms with Crippen LogP contribution < -0.4 is 0 Å². The number of aromatic nitrogens is 3. The molecule has 3 heterocycles. The van der Waals surface area contributed by atoms with Gasteiger partial charge in [-0.25, -0.2) is 9.97 Å². The van der Waals surface area contributed by atoms with Crippen LogP contribution in [0.2, 0.25) is 0 Å². The third-order valence-corrected chi connectivity index (χ3v) is 3.92. The Balaban J connectivity index is 1.79. The van der Waals surface area contributed by atoms with Crippen LogP contribution in [0.3, 0.4) is 0 Å². The van der Waals surface area contributed by atoms with E-state index in [4.69, 9.17) is 0 Å². The van der Waals surface area contributed by atoms with Crippen molar-refractivity contribution in [3.8, 4) is 0 Å². The smallest absolute Gasteiger partial charge is 0.219 e. The largest absolute Gasteiger partial charge is 0.343 e. The van der Waals surface area contributed by atoms with Gasteiger partial charge >= 0.3 is 0 Å². The van der Waals surface area contributed by atoms with Gasteiger partial charge in [0, 0.05) is 39.7 Å². The highest BCUT2D eigenvalue weighted by molar-refractivity contribution is 5.73. The Morgan fingerprint density at radius 2 is 2.37 bits per heavy atom. The lowest BCUT2D eigenvalue weighted by Gasteiger charge is -2.13. The summed E-state index contributed by atoms with van der Waals surface area (Å²) < 4.78 is 2.06. The minimum absolute atomic E-state index is 0.175. The molecule has 3 rings (SSSR count). The molecular formula is C14H18N4O. The van der Waals surface area contributed by atoms with E-state index in [1.54, 1.807) is 13.1 Å². The molecule has 1 amide bonds. The van der Waals surface area contributed by atoms with Crippen molar-refractivity contribution in [1.29, 1.82) is 0 Å². The molecule has 0 aliphatic carbocycles. The van der Waals surface area contributed by atoms with Crippen molar-refractivity contribution < 1.29 is 4.79 Å². The monoisotopic (exact) mass is 258 g/mol. The van der Waals surface area contributed by atoms with E-state index in [0.29, 0.717) is 5.92 Å². The molecule has 100 valence electrons. The minimum atomic E-state index is 0.175. The first-order valence-electron chi connectivity index (χ1n) is 6.67. The SMILES string of the molecule is CC(=O)N1CCC(Cc2nc3cccnc3n2C)C1. The predicted molar refractivity (Wildman–Crippen MR) is 72.6 cm³/mol. The molecule has 0 spiro atoms. The van der Waals surface area contributed by atoms with E-state index in [9.17, 15) is 4.79 Å². The van der Waals surface area contributed by atoms with E-state index in [-0.39, 0.29) is 5.91 Å². The topological polar surface area (TPSA) is 51.0 Å². The van der Waals surface area contributed by atoms with Crippen molar-refractivity contribution in [2.75, 3.05) is 13.1 Å². The third-order valence-electron chi connectivity index (χ3n) is 3.92. The molecule has 2 aromatic rings. The summed E-state index contributed by atoms with van der Waals surface area (Å²) in [5.41, 5.74) is 1.88. The highest BCUT2D eigenvalue weighted by atomic mass is 16.2. The van der Waals surface area contributed by atoms with E-state index >= 15 is 0 Å². The zero-order valence-corrected chi connectivity index (χ0v) is 11.3. The molecule has 1 unspecified atom stereocenters. The molecule has 1 aliphatic heterocycles. The standard InChI is InChI=1S/C14H18N4O/c1-10(19)18-7-5-11(9-18)8-13-16-12-4-3-6-15-14(12)17(13)2/h3-4,6,11H,5,7-9H2,1-2H3. The Kier molecular flexibility index (Phi) is 2.97. The van der Waals surface area contributed by atoms with Crippen molar-refractivity contribution >= 4 is 17.1 Å². The highest BCUT2D eigenvalue weighted by Gasteiger charge is 2.25. The quantitative estimate of drug-likeness (QED) is 0.817. The molecule has 5 heteroatoms. The summed E-state index contributed by atoms with van der Waals surface area (Å²) in [5.74, 6) is 1.75. The first-order valence-corrected chi connectivity index (χ1v) is 6.67. The van der Waals surface area contributed by atoms with E-state index in [1.807, 2.05) is 24.1 Å². The normalized spacial score (nSPS) is 19.3. The van der Waals surface area contributed by atoms with Crippen molar-refractivity contribution in [1.82, 2.24) is 19.4 Å². The number of imidazole rings is 1. The Hall–Kier alpha value is -1.91. The fourth-order valence-corrected chi connectivity index (χ4v) is 2.80. The number of hydrogen-bond donors (Lipinski definition) is 0. The lowest BCUT2D eigenvalue weighted by molar-refractivity contribution is -0.127. The van der Waals surface area contributed by atoms with Gasteiger partial charge in [0.1, 0.15) is 11.3 Å². The molecule has 1 fully saturated rings. The number of likely N-dealkylation sites (tertiary alicyclic amines) is 1. The van der Waals surface area contributed by atoms with E-state index in [0.717, 1.165) is 42.9 Å². The van der Waals surface area contributed by atoms with Crippen LogP contribution in [-0.2, 0) is 18.3 Å². The summed E-state index contributed by atoms with van der Waals surface area (Å²) in [5, 5.41) is 0. The summed E-state index contributed by atoms with van der Waals surface area (Å²) in [6, 6.07) is 3.90. The Bertz CT molecular complexity index is 619. The number of amides is 1. The van der Waals surface area contributed by atoms with Gasteiger partial charge in [-0.15, -0.1) is 0 Å². The van der Waals surface area contributed by atoms with Gasteiger partial charge in [0.15, 0.2) is 5.65 Å². The van der Waals surface area contributed by atoms with Crippen LogP contribution in [0.5, 0.6) is 0 Å². The number of pyridine rings is 1. The second kappa shape index (κ2) is 4.64. The maximum Gasteiger partial charge on any atom is 0.219 e. The zero-order valence-electron chi connectivity index (χ0n) is 11.3. The van der Waals surface area contributed by atoms with Crippen LogP contribution >= 0.6 is 0 Å². The van der Waals surface area contributed by atoms with Gasteiger partial charge < -0.3 is 9.47 Å². The van der Waals surface area contributed by atoms with E-state index < -0.39 is 0 Å². The molecule has 5 nitrogen and oxygen atoms in total. The first kappa shape index (κ1) is 12.1. The molecule has 1 atom stereocenters. The van der Waals surface area contributed by atoms with Crippen LogP contribution in [-0.4, -0.2) is 38.4 Å². The summed E-state index contributed by atoms with van der Waals surface area (Å²) in [7, 11) is 2.01. The van der Waals surface area contributed by atoms with Gasteiger partial charge in [-0.3, -0.25) is 4.79 Å². The fraction of sp³-hybridized carbons (Fsp3) is 0.500. The number of fused-ring (bicyclic) bond motifs is 1. The van der Waals surface area contributed by atoms with Gasteiger partial charge in [0.2, 0.25) is 5.91 Å². The highest BCUT2D eigenvalue weighted by Crippen LogP contribution is 2.22. The lowest BCUT2D eigenvalue weighted by atomic mass is 10.0. The third kappa shape index (κ3) is 2.20. The minimum Gasteiger partial charge on any atom is -0.343 e. The van der Waals surface area contributed by atoms with Gasteiger partial charge in [-0.05, 0) is 24.5 Å². The maximum absolute atomic E-state index is 11.3. The molecule has 1 saturated heterocycles. The van der Waals surface area contributed by atoms with Crippen molar-refractivity contribution in [2.45, 2.75) is 19.8 Å². The zero-order chi connectivity index (χ0) is 13.4. The van der Waals surface area contributed by atoms with Gasteiger partial charge in [-0.2, -0.15) is 0 Å². The second-order valence-corrected chi connectivity index (χ2v) is 5.26. The van der Waals surface area contributed by atoms with E-state index in [1.165, 1.54) is 0 Å². The predicted octanol–water partition coefficient (Wildman–Crippen LogP) is 1.38. The number of aryl methyl sites for hydroxylation is 1. The molecule has 1 aliphatic rings. The van der Waals surface area contributed by atoms with Crippen molar-refractivity contribution in [3.63, 3.8) is 0 Å². The molecule has 0 aromatic carbocycles. The average molecular weight is 258 g/mol. The second-order valence-electron chi connectivity index (χ2n) is 5.26. The maximum atomic E-state index is 11.3. The summed E-state index contributed by atoms with van der Waals surface area (Å²) >= 11 is 0.